The standard InChI is InChI=1S/C13H8FN5/c14-10-3-1-8(2-4-10)11-7-18-19-12(16)9(5-15)6-17-13(11)19/h1-4,6-7H,16H2. The minimum atomic E-state index is -0.306. The monoisotopic (exact) mass is 253 g/mol. The smallest absolute Gasteiger partial charge is 0.165 e. The molecule has 0 unspecified atom stereocenters. The Morgan fingerprint density at radius 3 is 2.63 bits per heavy atom. The highest BCUT2D eigenvalue weighted by Crippen LogP contribution is 2.25. The van der Waals surface area contributed by atoms with Crippen LogP contribution in [0.4, 0.5) is 10.2 Å². The van der Waals surface area contributed by atoms with Gasteiger partial charge in [0.15, 0.2) is 5.65 Å². The van der Waals surface area contributed by atoms with E-state index in [1.807, 2.05) is 6.07 Å². The first-order valence-electron chi connectivity index (χ1n) is 5.49. The van der Waals surface area contributed by atoms with Crippen molar-refractivity contribution in [1.29, 1.82) is 5.26 Å². The molecule has 0 aliphatic rings. The number of hydrogen-bond acceptors (Lipinski definition) is 4. The van der Waals surface area contributed by atoms with Crippen molar-refractivity contribution in [2.24, 2.45) is 0 Å². The van der Waals surface area contributed by atoms with E-state index >= 15 is 0 Å². The van der Waals surface area contributed by atoms with Gasteiger partial charge in [0.1, 0.15) is 23.3 Å². The molecule has 19 heavy (non-hydrogen) atoms. The molecule has 0 atom stereocenters. The Bertz CT molecular complexity index is 798. The van der Waals surface area contributed by atoms with Gasteiger partial charge in [0.05, 0.1) is 12.4 Å². The summed E-state index contributed by atoms with van der Waals surface area (Å²) < 4.78 is 14.3. The summed E-state index contributed by atoms with van der Waals surface area (Å²) in [4.78, 5) is 4.18. The molecule has 0 spiro atoms. The van der Waals surface area contributed by atoms with Crippen LogP contribution in [-0.4, -0.2) is 14.6 Å². The number of nitrogen functional groups attached to an aromatic ring is 1. The van der Waals surface area contributed by atoms with E-state index in [9.17, 15) is 4.39 Å². The van der Waals surface area contributed by atoms with Crippen LogP contribution in [0.25, 0.3) is 16.8 Å². The number of aromatic nitrogens is 3. The zero-order chi connectivity index (χ0) is 13.4. The van der Waals surface area contributed by atoms with Gasteiger partial charge in [0.25, 0.3) is 0 Å². The van der Waals surface area contributed by atoms with E-state index in [1.165, 1.54) is 22.8 Å². The van der Waals surface area contributed by atoms with Gasteiger partial charge >= 0.3 is 0 Å². The highest BCUT2D eigenvalue weighted by atomic mass is 19.1. The van der Waals surface area contributed by atoms with Gasteiger partial charge in [-0.25, -0.2) is 9.37 Å². The van der Waals surface area contributed by atoms with Crippen molar-refractivity contribution in [3.8, 4) is 17.2 Å². The average Bonchev–Trinajstić information content (AvgIpc) is 2.85. The maximum atomic E-state index is 12.9. The summed E-state index contributed by atoms with van der Waals surface area (Å²) in [6.07, 6.45) is 2.99. The summed E-state index contributed by atoms with van der Waals surface area (Å²) in [5, 5.41) is 13.0. The van der Waals surface area contributed by atoms with Crippen LogP contribution in [0.2, 0.25) is 0 Å². The molecule has 0 fully saturated rings. The first-order chi connectivity index (χ1) is 9.20. The number of fused-ring (bicyclic) bond motifs is 1. The highest BCUT2D eigenvalue weighted by molar-refractivity contribution is 5.78. The van der Waals surface area contributed by atoms with E-state index in [-0.39, 0.29) is 17.2 Å². The van der Waals surface area contributed by atoms with E-state index in [4.69, 9.17) is 11.0 Å². The summed E-state index contributed by atoms with van der Waals surface area (Å²) in [6, 6.07) is 7.96. The molecule has 1 aromatic carbocycles. The van der Waals surface area contributed by atoms with Gasteiger partial charge in [-0.15, -0.1) is 0 Å². The topological polar surface area (TPSA) is 80.0 Å². The van der Waals surface area contributed by atoms with Crippen LogP contribution in [0.5, 0.6) is 0 Å². The van der Waals surface area contributed by atoms with E-state index in [2.05, 4.69) is 10.1 Å². The number of halogens is 1. The van der Waals surface area contributed by atoms with Gasteiger partial charge in [0, 0.05) is 5.56 Å². The quantitative estimate of drug-likeness (QED) is 0.719. The fourth-order valence-electron chi connectivity index (χ4n) is 1.87. The molecule has 3 rings (SSSR count). The molecule has 5 nitrogen and oxygen atoms in total. The number of anilines is 1. The second-order valence-corrected chi connectivity index (χ2v) is 3.97. The van der Waals surface area contributed by atoms with Gasteiger partial charge in [-0.2, -0.15) is 14.9 Å². The Morgan fingerprint density at radius 2 is 1.95 bits per heavy atom. The SMILES string of the molecule is N#Cc1cnc2c(-c3ccc(F)cc3)cnn2c1N. The van der Waals surface area contributed by atoms with Crippen LogP contribution in [0, 0.1) is 17.1 Å². The first-order valence-corrected chi connectivity index (χ1v) is 5.49. The van der Waals surface area contributed by atoms with Gasteiger partial charge < -0.3 is 5.73 Å². The zero-order valence-corrected chi connectivity index (χ0v) is 9.71. The van der Waals surface area contributed by atoms with Gasteiger partial charge in [-0.1, -0.05) is 12.1 Å². The van der Waals surface area contributed by atoms with Crippen molar-refractivity contribution in [1.82, 2.24) is 14.6 Å². The van der Waals surface area contributed by atoms with E-state index in [0.29, 0.717) is 5.65 Å². The summed E-state index contributed by atoms with van der Waals surface area (Å²) in [6.45, 7) is 0. The molecule has 92 valence electrons. The lowest BCUT2D eigenvalue weighted by molar-refractivity contribution is 0.628. The fraction of sp³-hybridized carbons (Fsp3) is 0. The van der Waals surface area contributed by atoms with Crippen molar-refractivity contribution in [2.75, 3.05) is 5.73 Å². The number of nitrogens with zero attached hydrogens (tertiary/aromatic N) is 4. The molecule has 2 heterocycles. The normalized spacial score (nSPS) is 10.5. The van der Waals surface area contributed by atoms with Crippen molar-refractivity contribution in [3.05, 3.63) is 48.0 Å². The van der Waals surface area contributed by atoms with Crippen LogP contribution in [-0.2, 0) is 0 Å². The molecule has 0 amide bonds. The Morgan fingerprint density at radius 1 is 1.21 bits per heavy atom. The number of benzene rings is 1. The average molecular weight is 253 g/mol. The van der Waals surface area contributed by atoms with Crippen molar-refractivity contribution in [2.45, 2.75) is 0 Å². The predicted molar refractivity (Wildman–Crippen MR) is 67.5 cm³/mol. The Kier molecular flexibility index (Phi) is 2.39. The molecule has 3 aromatic rings. The third-order valence-corrected chi connectivity index (χ3v) is 2.84. The van der Waals surface area contributed by atoms with Crippen LogP contribution in [0.1, 0.15) is 5.56 Å². The molecule has 0 radical (unpaired) electrons. The summed E-state index contributed by atoms with van der Waals surface area (Å²) in [5.41, 5.74) is 8.14. The maximum absolute atomic E-state index is 12.9. The summed E-state index contributed by atoms with van der Waals surface area (Å²) in [7, 11) is 0. The second kappa shape index (κ2) is 4.07. The van der Waals surface area contributed by atoms with E-state index in [0.717, 1.165) is 11.1 Å². The molecule has 2 aromatic heterocycles. The van der Waals surface area contributed by atoms with Crippen LogP contribution >= 0.6 is 0 Å². The number of rotatable bonds is 1. The first kappa shape index (κ1) is 11.2. The number of nitriles is 1. The number of hydrogen-bond donors (Lipinski definition) is 1. The van der Waals surface area contributed by atoms with Crippen LogP contribution in [0.3, 0.4) is 0 Å². The van der Waals surface area contributed by atoms with Gasteiger partial charge in [-0.05, 0) is 17.7 Å². The van der Waals surface area contributed by atoms with Crippen LogP contribution < -0.4 is 5.73 Å². The van der Waals surface area contributed by atoms with Crippen molar-refractivity contribution >= 4 is 11.5 Å². The molecule has 0 bridgehead atoms. The lowest BCUT2D eigenvalue weighted by Gasteiger charge is -2.02. The highest BCUT2D eigenvalue weighted by Gasteiger charge is 2.12. The Hall–Kier alpha value is -2.94. The molecule has 0 saturated carbocycles. The summed E-state index contributed by atoms with van der Waals surface area (Å²) >= 11 is 0. The van der Waals surface area contributed by atoms with Crippen molar-refractivity contribution < 1.29 is 4.39 Å². The fourth-order valence-corrected chi connectivity index (χ4v) is 1.87. The molecule has 2 N–H and O–H groups in total. The van der Waals surface area contributed by atoms with Crippen LogP contribution in [0.15, 0.2) is 36.7 Å². The zero-order valence-electron chi connectivity index (χ0n) is 9.71. The van der Waals surface area contributed by atoms with Gasteiger partial charge in [-0.3, -0.25) is 0 Å². The van der Waals surface area contributed by atoms with Gasteiger partial charge in [0.2, 0.25) is 0 Å². The lowest BCUT2D eigenvalue weighted by atomic mass is 10.1. The lowest BCUT2D eigenvalue weighted by Crippen LogP contribution is -2.02. The van der Waals surface area contributed by atoms with E-state index in [1.54, 1.807) is 18.3 Å². The third-order valence-electron chi connectivity index (χ3n) is 2.84. The Labute approximate surface area is 107 Å². The second-order valence-electron chi connectivity index (χ2n) is 3.97. The minimum Gasteiger partial charge on any atom is -0.382 e. The largest absolute Gasteiger partial charge is 0.382 e. The molecule has 0 aliphatic carbocycles. The predicted octanol–water partition coefficient (Wildman–Crippen LogP) is 1.99. The number of nitrogens with two attached hydrogens (primary N) is 1. The van der Waals surface area contributed by atoms with E-state index < -0.39 is 0 Å². The molecule has 0 aliphatic heterocycles. The molecule has 6 heteroatoms. The molecule has 0 saturated heterocycles. The Balaban J connectivity index is 2.24. The minimum absolute atomic E-state index is 0.237. The van der Waals surface area contributed by atoms with Crippen molar-refractivity contribution in [3.63, 3.8) is 0 Å². The third kappa shape index (κ3) is 1.68. The summed E-state index contributed by atoms with van der Waals surface area (Å²) in [5.74, 6) is -0.0691. The maximum Gasteiger partial charge on any atom is 0.165 e. The molecular formula is C13H8FN5. The molecular weight excluding hydrogens is 245 g/mol.